The van der Waals surface area contributed by atoms with Crippen LogP contribution < -0.4 is 15.4 Å². The molecule has 3 aliphatic heterocycles. The number of piperazine rings is 1. The molecule has 0 aliphatic carbocycles. The third kappa shape index (κ3) is 5.95. The number of benzene rings is 1. The first-order valence-corrected chi connectivity index (χ1v) is 13.8. The molecule has 1 unspecified atom stereocenters. The van der Waals surface area contributed by atoms with Crippen molar-refractivity contribution >= 4 is 46.6 Å². The number of aryl methyl sites for hydroxylation is 2. The summed E-state index contributed by atoms with van der Waals surface area (Å²) in [7, 11) is 0. The Labute approximate surface area is 236 Å². The summed E-state index contributed by atoms with van der Waals surface area (Å²) in [6.07, 6.45) is 7.25. The number of ether oxygens (including phenoxy) is 2. The predicted octanol–water partition coefficient (Wildman–Crippen LogP) is 3.20. The van der Waals surface area contributed by atoms with Gasteiger partial charge in [-0.1, -0.05) is 11.6 Å². The van der Waals surface area contributed by atoms with Crippen molar-refractivity contribution in [1.82, 2.24) is 24.8 Å². The zero-order chi connectivity index (χ0) is 27.5. The normalized spacial score (nSPS) is 18.5. The van der Waals surface area contributed by atoms with Crippen molar-refractivity contribution in [2.75, 3.05) is 56.6 Å². The second-order valence-electron chi connectivity index (χ2n) is 10.1. The highest BCUT2D eigenvalue weighted by Gasteiger charge is 2.31. The Kier molecular flexibility index (Phi) is 7.65. The maximum Gasteiger partial charge on any atom is 0.260 e. The van der Waals surface area contributed by atoms with Crippen LogP contribution >= 0.6 is 11.6 Å². The Morgan fingerprint density at radius 2 is 1.88 bits per heavy atom. The number of carbonyl (C=O) groups excluding carboxylic acids is 2. The van der Waals surface area contributed by atoms with Crippen LogP contribution in [-0.4, -0.2) is 82.6 Å². The van der Waals surface area contributed by atoms with E-state index in [1.807, 2.05) is 35.4 Å². The van der Waals surface area contributed by atoms with Gasteiger partial charge in [0.15, 0.2) is 12.4 Å². The molecule has 12 heteroatoms. The van der Waals surface area contributed by atoms with Crippen LogP contribution in [0, 0.1) is 5.92 Å². The van der Waals surface area contributed by atoms with Crippen LogP contribution in [0.15, 0.2) is 42.9 Å². The van der Waals surface area contributed by atoms with E-state index in [0.717, 1.165) is 35.3 Å². The van der Waals surface area contributed by atoms with E-state index in [4.69, 9.17) is 21.1 Å². The van der Waals surface area contributed by atoms with E-state index in [-0.39, 0.29) is 24.3 Å². The van der Waals surface area contributed by atoms with Gasteiger partial charge in [0, 0.05) is 44.7 Å². The molecule has 2 amide bonds. The van der Waals surface area contributed by atoms with Crippen LogP contribution in [-0.2, 0) is 27.2 Å². The highest BCUT2D eigenvalue weighted by Crippen LogP contribution is 2.30. The highest BCUT2D eigenvalue weighted by atomic mass is 35.5. The molecule has 208 valence electrons. The lowest BCUT2D eigenvalue weighted by Crippen LogP contribution is -2.52. The Morgan fingerprint density at radius 1 is 1.02 bits per heavy atom. The Hall–Kier alpha value is -3.96. The van der Waals surface area contributed by atoms with Gasteiger partial charge in [-0.25, -0.2) is 4.98 Å². The summed E-state index contributed by atoms with van der Waals surface area (Å²) in [5, 5.41) is 6.83. The van der Waals surface area contributed by atoms with Gasteiger partial charge in [0.25, 0.3) is 5.91 Å². The summed E-state index contributed by atoms with van der Waals surface area (Å²) in [6.45, 7) is 3.11. The Morgan fingerprint density at radius 3 is 2.70 bits per heavy atom. The lowest BCUT2D eigenvalue weighted by atomic mass is 10.0. The molecule has 2 aromatic heterocycles. The first-order valence-electron chi connectivity index (χ1n) is 13.4. The average molecular weight is 564 g/mol. The molecule has 11 nitrogen and oxygen atoms in total. The summed E-state index contributed by atoms with van der Waals surface area (Å²) >= 11 is 6.36. The van der Waals surface area contributed by atoms with Crippen LogP contribution in [0.25, 0.3) is 0 Å². The maximum absolute atomic E-state index is 13.0. The number of anilines is 4. The highest BCUT2D eigenvalue weighted by molar-refractivity contribution is 6.32. The van der Waals surface area contributed by atoms with Crippen LogP contribution in [0.2, 0.25) is 5.02 Å². The molecular formula is C28H30ClN7O4. The molecule has 6 rings (SSSR count). The van der Waals surface area contributed by atoms with Crippen molar-refractivity contribution in [3.63, 3.8) is 0 Å². The molecule has 3 aromatic rings. The van der Waals surface area contributed by atoms with E-state index in [1.54, 1.807) is 17.3 Å². The Balaban J connectivity index is 1.14. The molecule has 0 radical (unpaired) electrons. The van der Waals surface area contributed by atoms with Crippen molar-refractivity contribution < 1.29 is 19.1 Å². The lowest BCUT2D eigenvalue weighted by molar-refractivity contribution is -0.143. The molecule has 3 aliphatic rings. The molecule has 1 atom stereocenters. The second-order valence-corrected chi connectivity index (χ2v) is 10.5. The van der Waals surface area contributed by atoms with Gasteiger partial charge in [-0.15, -0.1) is 0 Å². The summed E-state index contributed by atoms with van der Waals surface area (Å²) in [4.78, 5) is 42.4. The molecular weight excluding hydrogens is 534 g/mol. The van der Waals surface area contributed by atoms with E-state index in [9.17, 15) is 9.59 Å². The van der Waals surface area contributed by atoms with Gasteiger partial charge in [-0.05, 0) is 54.7 Å². The number of nitrogens with zero attached hydrogens (tertiary/aromatic N) is 5. The first kappa shape index (κ1) is 26.3. The predicted molar refractivity (Wildman–Crippen MR) is 149 cm³/mol. The van der Waals surface area contributed by atoms with Gasteiger partial charge in [0.05, 0.1) is 30.6 Å². The van der Waals surface area contributed by atoms with Crippen molar-refractivity contribution in [3.8, 4) is 5.75 Å². The molecule has 0 saturated carbocycles. The van der Waals surface area contributed by atoms with E-state index >= 15 is 0 Å². The third-order valence-corrected chi connectivity index (χ3v) is 7.65. The minimum absolute atomic E-state index is 0.0539. The monoisotopic (exact) mass is 563 g/mol. The number of rotatable bonds is 4. The molecule has 1 aromatic carbocycles. The van der Waals surface area contributed by atoms with Gasteiger partial charge in [-0.3, -0.25) is 14.6 Å². The van der Waals surface area contributed by atoms with E-state index in [0.29, 0.717) is 68.4 Å². The zero-order valence-corrected chi connectivity index (χ0v) is 22.7. The van der Waals surface area contributed by atoms with Crippen LogP contribution in [0.1, 0.15) is 17.5 Å². The molecule has 6 bridgehead atoms. The zero-order valence-electron chi connectivity index (χ0n) is 21.9. The number of aromatic nitrogens is 3. The van der Waals surface area contributed by atoms with Crippen LogP contribution in [0.3, 0.4) is 0 Å². The number of amides is 2. The van der Waals surface area contributed by atoms with Crippen LogP contribution in [0.4, 0.5) is 23.1 Å². The fraction of sp³-hybridized carbons (Fsp3) is 0.393. The van der Waals surface area contributed by atoms with Gasteiger partial charge in [-0.2, -0.15) is 4.98 Å². The number of halogens is 1. The fourth-order valence-electron chi connectivity index (χ4n) is 5.14. The minimum atomic E-state index is -0.0985. The number of pyridine rings is 1. The van der Waals surface area contributed by atoms with Crippen LogP contribution in [0.5, 0.6) is 5.75 Å². The average Bonchev–Trinajstić information content (AvgIpc) is 3.52. The molecule has 2 N–H and O–H groups in total. The fourth-order valence-corrected chi connectivity index (χ4v) is 5.28. The summed E-state index contributed by atoms with van der Waals surface area (Å²) in [5.74, 6) is 1.49. The van der Waals surface area contributed by atoms with Crippen molar-refractivity contribution in [2.45, 2.75) is 19.3 Å². The lowest BCUT2D eigenvalue weighted by Gasteiger charge is -2.35. The number of nitrogens with one attached hydrogen (secondary N) is 2. The van der Waals surface area contributed by atoms with Gasteiger partial charge < -0.3 is 29.9 Å². The quantitative estimate of drug-likeness (QED) is 0.493. The van der Waals surface area contributed by atoms with Crippen molar-refractivity contribution in [1.29, 1.82) is 0 Å². The van der Waals surface area contributed by atoms with Gasteiger partial charge >= 0.3 is 0 Å². The van der Waals surface area contributed by atoms with E-state index in [2.05, 4.69) is 25.6 Å². The molecule has 5 heterocycles. The molecule has 2 fully saturated rings. The van der Waals surface area contributed by atoms with E-state index in [1.165, 1.54) is 0 Å². The number of fused-ring (bicyclic) bond motifs is 6. The Bertz CT molecular complexity index is 1410. The standard InChI is InChI=1S/C28H30ClN7O4/c29-23-15-31-28-33-22-11-18(13-30-14-22)1-2-19-12-21(32-26(23)34-28)3-4-24(19)40-17-25(37)35-6-8-36(9-7-35)27(38)20-5-10-39-16-20/h3-4,11-15,20H,1-2,5-10,16-17H2,(H2,31,32,33,34). The largest absolute Gasteiger partial charge is 0.483 e. The number of hydrogen-bond donors (Lipinski definition) is 2. The number of hydrogen-bond acceptors (Lipinski definition) is 9. The van der Waals surface area contributed by atoms with E-state index < -0.39 is 0 Å². The second kappa shape index (κ2) is 11.6. The third-order valence-electron chi connectivity index (χ3n) is 7.38. The summed E-state index contributed by atoms with van der Waals surface area (Å²) < 4.78 is 11.4. The molecule has 40 heavy (non-hydrogen) atoms. The first-order chi connectivity index (χ1) is 19.5. The van der Waals surface area contributed by atoms with Crippen molar-refractivity contribution in [3.05, 3.63) is 59.0 Å². The molecule has 2 saturated heterocycles. The summed E-state index contributed by atoms with van der Waals surface area (Å²) in [6, 6.07) is 7.71. The molecule has 0 spiro atoms. The maximum atomic E-state index is 13.0. The topological polar surface area (TPSA) is 122 Å². The number of carbonyl (C=O) groups is 2. The minimum Gasteiger partial charge on any atom is -0.483 e. The SMILES string of the molecule is O=C(COc1ccc2cc1CCc1cncc(c1)Nc1ncc(Cl)c(n1)N2)N1CCN(C(=O)C2CCOC2)CC1. The van der Waals surface area contributed by atoms with Gasteiger partial charge in [0.1, 0.15) is 10.8 Å². The van der Waals surface area contributed by atoms with Gasteiger partial charge in [0.2, 0.25) is 11.9 Å². The van der Waals surface area contributed by atoms with Crippen molar-refractivity contribution in [2.24, 2.45) is 5.92 Å². The smallest absolute Gasteiger partial charge is 0.260 e. The summed E-state index contributed by atoms with van der Waals surface area (Å²) in [5.41, 5.74) is 3.54.